The third kappa shape index (κ3) is 2.46. The van der Waals surface area contributed by atoms with Crippen molar-refractivity contribution in [3.05, 3.63) is 45.2 Å². The van der Waals surface area contributed by atoms with Gasteiger partial charge in [0.25, 0.3) is 0 Å². The van der Waals surface area contributed by atoms with Crippen LogP contribution in [0.3, 0.4) is 0 Å². The van der Waals surface area contributed by atoms with E-state index in [1.54, 1.807) is 31.4 Å². The zero-order valence-corrected chi connectivity index (χ0v) is 12.1. The lowest BCUT2D eigenvalue weighted by Gasteiger charge is -2.05. The maximum Gasteiger partial charge on any atom is 0.329 e. The van der Waals surface area contributed by atoms with Crippen molar-refractivity contribution in [3.8, 4) is 11.4 Å². The number of ether oxygens (including phenoxy) is 1. The minimum atomic E-state index is -0.499. The van der Waals surface area contributed by atoms with Gasteiger partial charge in [-0.2, -0.15) is 5.10 Å². The number of nitro groups is 1. The second-order valence-corrected chi connectivity index (χ2v) is 4.91. The summed E-state index contributed by atoms with van der Waals surface area (Å²) in [6.45, 7) is 3.67. The van der Waals surface area contributed by atoms with E-state index < -0.39 is 4.92 Å². The molecule has 0 saturated carbocycles. The van der Waals surface area contributed by atoms with Crippen LogP contribution in [0.1, 0.15) is 25.5 Å². The Kier molecular flexibility index (Phi) is 3.94. The smallest absolute Gasteiger partial charge is 0.329 e. The summed E-state index contributed by atoms with van der Waals surface area (Å²) in [4.78, 5) is 10.7. The molecule has 0 atom stereocenters. The number of halogens is 1. The lowest BCUT2D eigenvalue weighted by Crippen LogP contribution is -1.98. The summed E-state index contributed by atoms with van der Waals surface area (Å²) >= 11 is 6.12. The monoisotopic (exact) mass is 295 g/mol. The van der Waals surface area contributed by atoms with Crippen molar-refractivity contribution in [2.75, 3.05) is 7.11 Å². The fourth-order valence-electron chi connectivity index (χ4n) is 1.88. The first-order chi connectivity index (χ1) is 9.45. The summed E-state index contributed by atoms with van der Waals surface area (Å²) in [5.41, 5.74) is 0.830. The van der Waals surface area contributed by atoms with Crippen LogP contribution in [0.2, 0.25) is 5.15 Å². The summed E-state index contributed by atoms with van der Waals surface area (Å²) in [6.07, 6.45) is 0. The average Bonchev–Trinajstić information content (AvgIpc) is 2.77. The van der Waals surface area contributed by atoms with Crippen molar-refractivity contribution in [2.24, 2.45) is 0 Å². The molecule has 0 spiro atoms. The molecule has 0 fully saturated rings. The zero-order valence-electron chi connectivity index (χ0n) is 11.3. The Morgan fingerprint density at radius 2 is 2.15 bits per heavy atom. The molecule has 0 N–H and O–H groups in total. The molecule has 0 aliphatic rings. The number of hydrogen-bond acceptors (Lipinski definition) is 4. The van der Waals surface area contributed by atoms with Crippen LogP contribution in [0.4, 0.5) is 5.69 Å². The molecular weight excluding hydrogens is 282 g/mol. The lowest BCUT2D eigenvalue weighted by molar-refractivity contribution is -0.385. The Hall–Kier alpha value is -2.08. The van der Waals surface area contributed by atoms with Crippen LogP contribution < -0.4 is 4.74 Å². The van der Waals surface area contributed by atoms with Gasteiger partial charge in [-0.1, -0.05) is 31.5 Å². The van der Waals surface area contributed by atoms with Gasteiger partial charge in [-0.25, -0.2) is 4.68 Å². The molecule has 0 amide bonds. The first kappa shape index (κ1) is 14.3. The SMILES string of the molecule is COc1cccc(-n2nc(C(C)C)c([N+](=O)[O-])c2Cl)c1. The molecule has 2 rings (SSSR count). The molecule has 2 aromatic rings. The van der Waals surface area contributed by atoms with Crippen LogP contribution in [0, 0.1) is 10.1 Å². The van der Waals surface area contributed by atoms with E-state index in [-0.39, 0.29) is 16.8 Å². The number of hydrogen-bond donors (Lipinski definition) is 0. The number of benzene rings is 1. The minimum absolute atomic E-state index is 0.00745. The number of rotatable bonds is 4. The minimum Gasteiger partial charge on any atom is -0.497 e. The van der Waals surface area contributed by atoms with Crippen LogP contribution in [-0.4, -0.2) is 21.8 Å². The molecule has 7 heteroatoms. The van der Waals surface area contributed by atoms with E-state index in [2.05, 4.69) is 5.10 Å². The third-order valence-corrected chi connectivity index (χ3v) is 3.20. The molecule has 0 radical (unpaired) electrons. The van der Waals surface area contributed by atoms with Gasteiger partial charge in [-0.05, 0) is 12.1 Å². The Bertz CT molecular complexity index is 652. The second kappa shape index (κ2) is 5.50. The molecule has 0 aliphatic carbocycles. The van der Waals surface area contributed by atoms with E-state index in [1.165, 1.54) is 4.68 Å². The Balaban J connectivity index is 2.63. The lowest BCUT2D eigenvalue weighted by atomic mass is 10.1. The highest BCUT2D eigenvalue weighted by Gasteiger charge is 2.28. The van der Waals surface area contributed by atoms with E-state index in [1.807, 2.05) is 13.8 Å². The van der Waals surface area contributed by atoms with Crippen molar-refractivity contribution in [1.82, 2.24) is 9.78 Å². The number of nitrogens with zero attached hydrogens (tertiary/aromatic N) is 3. The topological polar surface area (TPSA) is 70.2 Å². The molecule has 0 bridgehead atoms. The Morgan fingerprint density at radius 3 is 2.65 bits per heavy atom. The summed E-state index contributed by atoms with van der Waals surface area (Å²) in [6, 6.07) is 7.02. The van der Waals surface area contributed by atoms with Gasteiger partial charge >= 0.3 is 5.69 Å². The van der Waals surface area contributed by atoms with Gasteiger partial charge in [0.2, 0.25) is 5.15 Å². The second-order valence-electron chi connectivity index (χ2n) is 4.55. The van der Waals surface area contributed by atoms with Gasteiger partial charge in [-0.15, -0.1) is 0 Å². The van der Waals surface area contributed by atoms with Crippen molar-refractivity contribution in [3.63, 3.8) is 0 Å². The molecule has 1 heterocycles. The Labute approximate surface area is 121 Å². The zero-order chi connectivity index (χ0) is 14.9. The fourth-order valence-corrected chi connectivity index (χ4v) is 2.18. The van der Waals surface area contributed by atoms with Gasteiger partial charge < -0.3 is 4.74 Å². The maximum absolute atomic E-state index is 11.2. The van der Waals surface area contributed by atoms with E-state index in [0.717, 1.165) is 0 Å². The first-order valence-corrected chi connectivity index (χ1v) is 6.40. The van der Waals surface area contributed by atoms with E-state index in [9.17, 15) is 10.1 Å². The highest BCUT2D eigenvalue weighted by molar-refractivity contribution is 6.32. The summed E-state index contributed by atoms with van der Waals surface area (Å²) < 4.78 is 6.49. The molecule has 0 saturated heterocycles. The first-order valence-electron chi connectivity index (χ1n) is 6.03. The fraction of sp³-hybridized carbons (Fsp3) is 0.308. The predicted octanol–water partition coefficient (Wildman–Crippen LogP) is 3.57. The van der Waals surface area contributed by atoms with Gasteiger partial charge in [0.1, 0.15) is 11.4 Å². The normalized spacial score (nSPS) is 10.8. The van der Waals surface area contributed by atoms with Crippen LogP contribution in [-0.2, 0) is 0 Å². The van der Waals surface area contributed by atoms with Crippen LogP contribution in [0.15, 0.2) is 24.3 Å². The summed E-state index contributed by atoms with van der Waals surface area (Å²) in [5.74, 6) is 0.530. The molecule has 6 nitrogen and oxygen atoms in total. The quantitative estimate of drug-likeness (QED) is 0.638. The van der Waals surface area contributed by atoms with Gasteiger partial charge in [0.05, 0.1) is 17.7 Å². The van der Waals surface area contributed by atoms with Crippen molar-refractivity contribution in [2.45, 2.75) is 19.8 Å². The van der Waals surface area contributed by atoms with Gasteiger partial charge in [0, 0.05) is 12.0 Å². The highest BCUT2D eigenvalue weighted by atomic mass is 35.5. The molecule has 1 aromatic carbocycles. The third-order valence-electron chi connectivity index (χ3n) is 2.86. The summed E-state index contributed by atoms with van der Waals surface area (Å²) in [5, 5.41) is 15.4. The van der Waals surface area contributed by atoms with Crippen LogP contribution in [0.25, 0.3) is 5.69 Å². The summed E-state index contributed by atoms with van der Waals surface area (Å²) in [7, 11) is 1.55. The maximum atomic E-state index is 11.2. The number of aromatic nitrogens is 2. The average molecular weight is 296 g/mol. The van der Waals surface area contributed by atoms with Crippen molar-refractivity contribution in [1.29, 1.82) is 0 Å². The standard InChI is InChI=1S/C13H14ClN3O3/c1-8(2)11-12(17(18)19)13(14)16(15-11)9-5-4-6-10(7-9)20-3/h4-8H,1-3H3. The van der Waals surface area contributed by atoms with Crippen LogP contribution >= 0.6 is 11.6 Å². The Morgan fingerprint density at radius 1 is 1.45 bits per heavy atom. The molecule has 106 valence electrons. The van der Waals surface area contributed by atoms with E-state index in [0.29, 0.717) is 17.1 Å². The molecule has 20 heavy (non-hydrogen) atoms. The molecule has 0 unspecified atom stereocenters. The number of methoxy groups -OCH3 is 1. The van der Waals surface area contributed by atoms with Crippen molar-refractivity contribution < 1.29 is 9.66 Å². The van der Waals surface area contributed by atoms with Gasteiger partial charge in [-0.3, -0.25) is 10.1 Å². The largest absolute Gasteiger partial charge is 0.497 e. The predicted molar refractivity (Wildman–Crippen MR) is 75.9 cm³/mol. The van der Waals surface area contributed by atoms with Crippen LogP contribution in [0.5, 0.6) is 5.75 Å². The van der Waals surface area contributed by atoms with Gasteiger partial charge in [0.15, 0.2) is 0 Å². The molecule has 0 aliphatic heterocycles. The molecule has 1 aromatic heterocycles. The van der Waals surface area contributed by atoms with E-state index >= 15 is 0 Å². The van der Waals surface area contributed by atoms with E-state index in [4.69, 9.17) is 16.3 Å². The highest BCUT2D eigenvalue weighted by Crippen LogP contribution is 2.35. The van der Waals surface area contributed by atoms with Crippen molar-refractivity contribution >= 4 is 17.3 Å². The molecular formula is C13H14ClN3O3.